The van der Waals surface area contributed by atoms with Crippen LogP contribution in [0, 0.1) is 11.8 Å². The van der Waals surface area contributed by atoms with Crippen LogP contribution < -0.4 is 11.0 Å². The van der Waals surface area contributed by atoms with Gasteiger partial charge in [-0.1, -0.05) is 81.3 Å². The lowest BCUT2D eigenvalue weighted by Gasteiger charge is -2.20. The maximum Gasteiger partial charge on any atom is 0.260 e. The predicted octanol–water partition coefficient (Wildman–Crippen LogP) is 6.52. The minimum Gasteiger partial charge on any atom is -0.288 e. The van der Waals surface area contributed by atoms with Gasteiger partial charge in [-0.25, -0.2) is 9.99 Å². The summed E-state index contributed by atoms with van der Waals surface area (Å²) >= 11 is 6.52. The van der Waals surface area contributed by atoms with Crippen molar-refractivity contribution in [3.8, 4) is 11.1 Å². The van der Waals surface area contributed by atoms with Crippen LogP contribution in [0.4, 0.5) is 5.95 Å². The summed E-state index contributed by atoms with van der Waals surface area (Å²) in [5.74, 6) is 2.05. The van der Waals surface area contributed by atoms with Gasteiger partial charge in [-0.2, -0.15) is 4.98 Å². The summed E-state index contributed by atoms with van der Waals surface area (Å²) in [5, 5.41) is 3.58. The van der Waals surface area contributed by atoms with Crippen LogP contribution in [-0.2, 0) is 12.0 Å². The fourth-order valence-corrected chi connectivity index (χ4v) is 6.23. The van der Waals surface area contributed by atoms with Gasteiger partial charge >= 0.3 is 0 Å². The number of fused-ring (bicyclic) bond motifs is 2. The molecular weight excluding hydrogens is 494 g/mol. The number of hydrogen-bond donors (Lipinski definition) is 1. The monoisotopic (exact) mass is 527 g/mol. The molecule has 1 aliphatic carbocycles. The van der Waals surface area contributed by atoms with Crippen molar-refractivity contribution in [2.24, 2.45) is 11.8 Å². The van der Waals surface area contributed by atoms with Gasteiger partial charge in [-0.3, -0.25) is 14.8 Å². The van der Waals surface area contributed by atoms with E-state index < -0.39 is 0 Å². The number of nitrogens with one attached hydrogen (secondary N) is 1. The van der Waals surface area contributed by atoms with Crippen molar-refractivity contribution < 1.29 is 0 Å². The molecule has 3 heterocycles. The molecule has 2 atom stereocenters. The van der Waals surface area contributed by atoms with Crippen molar-refractivity contribution in [1.29, 1.82) is 0 Å². The average Bonchev–Trinajstić information content (AvgIpc) is 3.48. The molecule has 1 N–H and O–H groups in total. The van der Waals surface area contributed by atoms with Gasteiger partial charge in [-0.05, 0) is 53.4 Å². The number of anilines is 1. The van der Waals surface area contributed by atoms with Gasteiger partial charge in [0.1, 0.15) is 5.65 Å². The Morgan fingerprint density at radius 2 is 1.71 bits per heavy atom. The number of hydrogen-bond acceptors (Lipinski definition) is 5. The van der Waals surface area contributed by atoms with Gasteiger partial charge in [0.05, 0.1) is 6.54 Å². The highest BCUT2D eigenvalue weighted by atomic mass is 35.5. The lowest BCUT2D eigenvalue weighted by molar-refractivity contribution is 0.369. The first-order valence-electron chi connectivity index (χ1n) is 13.5. The quantitative estimate of drug-likeness (QED) is 0.320. The third-order valence-corrected chi connectivity index (χ3v) is 8.47. The van der Waals surface area contributed by atoms with Crippen LogP contribution in [0.1, 0.15) is 51.2 Å². The maximum absolute atomic E-state index is 14.0. The maximum atomic E-state index is 14.0. The number of pyridine rings is 1. The summed E-state index contributed by atoms with van der Waals surface area (Å²) in [6.07, 6.45) is 5.76. The molecule has 4 aromatic rings. The summed E-state index contributed by atoms with van der Waals surface area (Å²) in [6, 6.07) is 17.8. The van der Waals surface area contributed by atoms with Crippen LogP contribution in [0.2, 0.25) is 5.02 Å². The fourth-order valence-electron chi connectivity index (χ4n) is 5.99. The van der Waals surface area contributed by atoms with Crippen molar-refractivity contribution >= 4 is 28.6 Å². The standard InChI is InChI=1S/C31H34ClN5O/c1-31(2,3)24-13-11-20(12-14-24)17-37-28-23(15-26(29(37)38)25-9-4-5-10-27(25)32)16-33-30(34-28)35-36-18-21-7-6-8-22(21)19-36/h4-5,9-16,21-22H,6-8,17-19H2,1-3H3,(H,33,34,35). The van der Waals surface area contributed by atoms with Crippen molar-refractivity contribution in [1.82, 2.24) is 19.5 Å². The van der Waals surface area contributed by atoms with Crippen molar-refractivity contribution in [2.45, 2.75) is 52.0 Å². The minimum atomic E-state index is -0.120. The second-order valence-corrected chi connectivity index (χ2v) is 12.2. The third-order valence-electron chi connectivity index (χ3n) is 8.14. The fraction of sp³-hybridized carbons (Fsp3) is 0.387. The topological polar surface area (TPSA) is 63.1 Å². The summed E-state index contributed by atoms with van der Waals surface area (Å²) in [5.41, 5.74) is 7.54. The smallest absolute Gasteiger partial charge is 0.260 e. The number of aromatic nitrogens is 3. The molecule has 0 spiro atoms. The Balaban J connectivity index is 1.41. The number of rotatable bonds is 5. The molecule has 196 valence electrons. The molecule has 1 aliphatic heterocycles. The zero-order valence-corrected chi connectivity index (χ0v) is 23.0. The predicted molar refractivity (Wildman–Crippen MR) is 155 cm³/mol. The van der Waals surface area contributed by atoms with Crippen molar-refractivity contribution in [3.05, 3.63) is 87.3 Å². The van der Waals surface area contributed by atoms with E-state index in [-0.39, 0.29) is 11.0 Å². The Kier molecular flexibility index (Phi) is 6.48. The van der Waals surface area contributed by atoms with Gasteiger partial charge in [0, 0.05) is 40.8 Å². The molecule has 2 fully saturated rings. The van der Waals surface area contributed by atoms with E-state index in [1.54, 1.807) is 10.8 Å². The van der Waals surface area contributed by atoms with E-state index in [9.17, 15) is 4.79 Å². The van der Waals surface area contributed by atoms with Gasteiger partial charge in [0.15, 0.2) is 0 Å². The number of nitrogens with zero attached hydrogens (tertiary/aromatic N) is 4. The zero-order valence-electron chi connectivity index (χ0n) is 22.2. The molecule has 2 aromatic heterocycles. The number of benzene rings is 2. The van der Waals surface area contributed by atoms with Crippen LogP contribution in [0.25, 0.3) is 22.2 Å². The molecule has 2 unspecified atom stereocenters. The van der Waals surface area contributed by atoms with Crippen LogP contribution in [-0.4, -0.2) is 32.6 Å². The van der Waals surface area contributed by atoms with E-state index in [1.165, 1.54) is 24.8 Å². The Hall–Kier alpha value is -3.22. The number of halogens is 1. The molecule has 1 saturated carbocycles. The molecule has 2 aromatic carbocycles. The normalized spacial score (nSPS) is 19.7. The molecular formula is C31H34ClN5O. The number of hydrazine groups is 1. The van der Waals surface area contributed by atoms with E-state index in [0.29, 0.717) is 34.3 Å². The molecule has 38 heavy (non-hydrogen) atoms. The van der Waals surface area contributed by atoms with Crippen LogP contribution >= 0.6 is 11.6 Å². The third kappa shape index (κ3) is 4.83. The van der Waals surface area contributed by atoms with E-state index in [1.807, 2.05) is 30.3 Å². The van der Waals surface area contributed by atoms with E-state index >= 15 is 0 Å². The van der Waals surface area contributed by atoms with E-state index in [0.717, 1.165) is 35.9 Å². The first-order valence-corrected chi connectivity index (χ1v) is 13.9. The Labute approximate surface area is 228 Å². The minimum absolute atomic E-state index is 0.0634. The average molecular weight is 528 g/mol. The van der Waals surface area contributed by atoms with Gasteiger partial charge in [0.2, 0.25) is 5.95 Å². The second-order valence-electron chi connectivity index (χ2n) is 11.8. The SMILES string of the molecule is CC(C)(C)c1ccc(Cn2c(=O)c(-c3ccccc3Cl)cc3cnc(NN4CC5CCCC5C4)nc32)cc1. The lowest BCUT2D eigenvalue weighted by atomic mass is 9.87. The molecule has 0 amide bonds. The van der Waals surface area contributed by atoms with Crippen LogP contribution in [0.15, 0.2) is 65.6 Å². The second kappa shape index (κ2) is 9.83. The van der Waals surface area contributed by atoms with Crippen molar-refractivity contribution in [2.75, 3.05) is 18.5 Å². The first kappa shape index (κ1) is 25.1. The Morgan fingerprint density at radius 1 is 1.00 bits per heavy atom. The van der Waals surface area contributed by atoms with Gasteiger partial charge in [-0.15, -0.1) is 0 Å². The molecule has 2 aliphatic rings. The molecule has 1 saturated heterocycles. The molecule has 0 bridgehead atoms. The first-order chi connectivity index (χ1) is 18.3. The van der Waals surface area contributed by atoms with Gasteiger partial charge in [0.25, 0.3) is 5.56 Å². The van der Waals surface area contributed by atoms with Crippen LogP contribution in [0.5, 0.6) is 0 Å². The van der Waals surface area contributed by atoms with E-state index in [2.05, 4.69) is 60.5 Å². The highest BCUT2D eigenvalue weighted by molar-refractivity contribution is 6.33. The summed E-state index contributed by atoms with van der Waals surface area (Å²) < 4.78 is 1.76. The van der Waals surface area contributed by atoms with Crippen LogP contribution in [0.3, 0.4) is 0 Å². The summed E-state index contributed by atoms with van der Waals surface area (Å²) in [4.78, 5) is 23.5. The van der Waals surface area contributed by atoms with Gasteiger partial charge < -0.3 is 0 Å². The highest BCUT2D eigenvalue weighted by Gasteiger charge is 2.36. The zero-order chi connectivity index (χ0) is 26.4. The molecule has 6 rings (SSSR count). The molecule has 0 radical (unpaired) electrons. The van der Waals surface area contributed by atoms with E-state index in [4.69, 9.17) is 16.6 Å². The largest absolute Gasteiger partial charge is 0.288 e. The highest BCUT2D eigenvalue weighted by Crippen LogP contribution is 2.37. The summed E-state index contributed by atoms with van der Waals surface area (Å²) in [7, 11) is 0. The van der Waals surface area contributed by atoms with Crippen molar-refractivity contribution in [3.63, 3.8) is 0 Å². The summed E-state index contributed by atoms with van der Waals surface area (Å²) in [6.45, 7) is 9.04. The molecule has 7 heteroatoms. The lowest BCUT2D eigenvalue weighted by Crippen LogP contribution is -2.30. The molecule has 6 nitrogen and oxygen atoms in total. The Bertz CT molecular complexity index is 1530. The Morgan fingerprint density at radius 3 is 2.39 bits per heavy atom.